The quantitative estimate of drug-likeness (QED) is 0.534. The SMILES string of the molecule is Cc1nc([C@](C)(O)C#Cc2ccc3c(c2)-c2nc(C(N)=O)sc2[C@@H](O)CO3)no1. The van der Waals surface area contributed by atoms with E-state index in [-0.39, 0.29) is 17.4 Å². The fraction of sp³-hybridized carbons (Fsp3) is 0.263. The summed E-state index contributed by atoms with van der Waals surface area (Å²) in [4.78, 5) is 20.3. The Morgan fingerprint density at radius 1 is 1.41 bits per heavy atom. The zero-order valence-corrected chi connectivity index (χ0v) is 16.3. The van der Waals surface area contributed by atoms with Crippen LogP contribution in [0, 0.1) is 18.8 Å². The smallest absolute Gasteiger partial charge is 0.277 e. The van der Waals surface area contributed by atoms with Crippen molar-refractivity contribution in [2.24, 2.45) is 5.73 Å². The minimum atomic E-state index is -1.61. The minimum Gasteiger partial charge on any atom is -0.490 e. The van der Waals surface area contributed by atoms with Gasteiger partial charge in [0.1, 0.15) is 18.5 Å². The Kier molecular flexibility index (Phi) is 4.58. The maximum Gasteiger partial charge on any atom is 0.277 e. The first-order valence-corrected chi connectivity index (χ1v) is 9.38. The topological polar surface area (TPSA) is 145 Å². The van der Waals surface area contributed by atoms with Crippen LogP contribution in [0.4, 0.5) is 0 Å². The van der Waals surface area contributed by atoms with E-state index in [0.29, 0.717) is 33.3 Å². The lowest BCUT2D eigenvalue weighted by Crippen LogP contribution is -2.20. The van der Waals surface area contributed by atoms with Gasteiger partial charge in [0.25, 0.3) is 5.91 Å². The second-order valence-corrected chi connectivity index (χ2v) is 7.62. The number of amides is 1. The van der Waals surface area contributed by atoms with Crippen LogP contribution in [0.25, 0.3) is 11.3 Å². The Hall–Kier alpha value is -3.26. The lowest BCUT2D eigenvalue weighted by molar-refractivity contribution is 0.0999. The molecule has 4 rings (SSSR count). The molecule has 0 unspecified atom stereocenters. The van der Waals surface area contributed by atoms with Crippen LogP contribution < -0.4 is 10.5 Å². The molecule has 0 radical (unpaired) electrons. The number of aliphatic hydroxyl groups is 2. The summed E-state index contributed by atoms with van der Waals surface area (Å²) in [6, 6.07) is 5.11. The number of aromatic nitrogens is 3. The first-order chi connectivity index (χ1) is 13.7. The zero-order valence-electron chi connectivity index (χ0n) is 15.5. The molecule has 2 aromatic heterocycles. The van der Waals surface area contributed by atoms with Crippen molar-refractivity contribution >= 4 is 17.2 Å². The summed E-state index contributed by atoms with van der Waals surface area (Å²) < 4.78 is 10.5. The number of benzene rings is 1. The van der Waals surface area contributed by atoms with E-state index in [4.69, 9.17) is 15.0 Å². The molecule has 0 fully saturated rings. The van der Waals surface area contributed by atoms with E-state index in [0.717, 1.165) is 11.3 Å². The van der Waals surface area contributed by atoms with E-state index in [1.54, 1.807) is 25.1 Å². The van der Waals surface area contributed by atoms with Crippen LogP contribution in [0.2, 0.25) is 0 Å². The Morgan fingerprint density at radius 2 is 2.21 bits per heavy atom. The molecule has 2 atom stereocenters. The largest absolute Gasteiger partial charge is 0.490 e. The van der Waals surface area contributed by atoms with Gasteiger partial charge in [0.2, 0.25) is 11.7 Å². The van der Waals surface area contributed by atoms with Crippen LogP contribution in [0.15, 0.2) is 22.7 Å². The third-order valence-corrected chi connectivity index (χ3v) is 5.38. The third-order valence-electron chi connectivity index (χ3n) is 4.21. The molecule has 0 spiro atoms. The Bertz CT molecular complexity index is 1170. The van der Waals surface area contributed by atoms with Crippen LogP contribution in [0.5, 0.6) is 5.75 Å². The van der Waals surface area contributed by atoms with Gasteiger partial charge in [-0.3, -0.25) is 4.79 Å². The molecule has 3 aromatic rings. The maximum atomic E-state index is 11.5. The van der Waals surface area contributed by atoms with Crippen molar-refractivity contribution in [1.29, 1.82) is 0 Å². The maximum absolute atomic E-state index is 11.5. The molecule has 0 saturated carbocycles. The van der Waals surface area contributed by atoms with Gasteiger partial charge >= 0.3 is 0 Å². The molecule has 10 heteroatoms. The van der Waals surface area contributed by atoms with Gasteiger partial charge in [-0.25, -0.2) is 4.98 Å². The van der Waals surface area contributed by atoms with E-state index in [2.05, 4.69) is 27.0 Å². The summed E-state index contributed by atoms with van der Waals surface area (Å²) in [7, 11) is 0. The molecule has 1 aromatic carbocycles. The second kappa shape index (κ2) is 6.97. The van der Waals surface area contributed by atoms with Crippen LogP contribution in [0.1, 0.15) is 45.0 Å². The number of thiazole rings is 1. The Labute approximate surface area is 169 Å². The number of primary amides is 1. The molecule has 1 amide bonds. The summed E-state index contributed by atoms with van der Waals surface area (Å²) in [6.45, 7) is 3.11. The highest BCUT2D eigenvalue weighted by atomic mass is 32.1. The van der Waals surface area contributed by atoms with E-state index in [1.807, 2.05) is 0 Å². The fourth-order valence-corrected chi connectivity index (χ4v) is 3.67. The highest BCUT2D eigenvalue weighted by Crippen LogP contribution is 2.41. The molecule has 1 aliphatic heterocycles. The van der Waals surface area contributed by atoms with Crippen LogP contribution in [-0.4, -0.2) is 37.9 Å². The number of fused-ring (bicyclic) bond motifs is 3. The highest BCUT2D eigenvalue weighted by Gasteiger charge is 2.28. The van der Waals surface area contributed by atoms with Crippen molar-refractivity contribution in [3.05, 3.63) is 45.4 Å². The molecule has 0 bridgehead atoms. The summed E-state index contributed by atoms with van der Waals surface area (Å²) >= 11 is 1.03. The van der Waals surface area contributed by atoms with Gasteiger partial charge < -0.3 is 25.2 Å². The normalized spacial score (nSPS) is 17.0. The fourth-order valence-electron chi connectivity index (χ4n) is 2.77. The van der Waals surface area contributed by atoms with Gasteiger partial charge in [0.15, 0.2) is 10.6 Å². The predicted octanol–water partition coefficient (Wildman–Crippen LogP) is 1.29. The molecule has 3 heterocycles. The number of aryl methyl sites for hydroxylation is 1. The standard InChI is InChI=1S/C19H16N4O5S/c1-9-21-18(23-28-9)19(2,26)6-5-10-3-4-13-11(7-10)14-15(12(24)8-27-13)29-17(22-14)16(20)25/h3-4,7,12,24,26H,8H2,1-2H3,(H2,20,25)/t12-,19+/m0/s1. The number of hydrogen-bond acceptors (Lipinski definition) is 9. The minimum absolute atomic E-state index is 0.0251. The summed E-state index contributed by atoms with van der Waals surface area (Å²) in [5, 5.41) is 24.7. The van der Waals surface area contributed by atoms with Gasteiger partial charge in [-0.05, 0) is 25.1 Å². The first kappa shape index (κ1) is 19.1. The Balaban J connectivity index is 1.76. The van der Waals surface area contributed by atoms with E-state index >= 15 is 0 Å². The number of carbonyl (C=O) groups excluding carboxylic acids is 1. The lowest BCUT2D eigenvalue weighted by Gasteiger charge is -2.10. The van der Waals surface area contributed by atoms with E-state index < -0.39 is 17.6 Å². The molecule has 29 heavy (non-hydrogen) atoms. The van der Waals surface area contributed by atoms with Gasteiger partial charge in [-0.1, -0.05) is 17.0 Å². The van der Waals surface area contributed by atoms with Crippen molar-refractivity contribution in [2.45, 2.75) is 25.6 Å². The number of nitrogens with zero attached hydrogens (tertiary/aromatic N) is 3. The van der Waals surface area contributed by atoms with Gasteiger partial charge in [0.05, 0.1) is 10.6 Å². The molecule has 4 N–H and O–H groups in total. The summed E-state index contributed by atoms with van der Waals surface area (Å²) in [6.07, 6.45) is -0.931. The van der Waals surface area contributed by atoms with Crippen molar-refractivity contribution in [1.82, 2.24) is 15.1 Å². The Morgan fingerprint density at radius 3 is 2.90 bits per heavy atom. The molecule has 1 aliphatic rings. The lowest BCUT2D eigenvalue weighted by atomic mass is 10.0. The number of hydrogen-bond donors (Lipinski definition) is 3. The monoisotopic (exact) mass is 412 g/mol. The molecule has 9 nitrogen and oxygen atoms in total. The van der Waals surface area contributed by atoms with E-state index in [1.165, 1.54) is 6.92 Å². The molecular weight excluding hydrogens is 396 g/mol. The van der Waals surface area contributed by atoms with Crippen LogP contribution in [0.3, 0.4) is 0 Å². The second-order valence-electron chi connectivity index (χ2n) is 6.59. The average molecular weight is 412 g/mol. The highest BCUT2D eigenvalue weighted by molar-refractivity contribution is 7.14. The average Bonchev–Trinajstić information content (AvgIpc) is 3.29. The number of ether oxygens (including phenoxy) is 1. The summed E-state index contributed by atoms with van der Waals surface area (Å²) in [5.41, 5.74) is 5.28. The number of carbonyl (C=O) groups is 1. The van der Waals surface area contributed by atoms with Crippen molar-refractivity contribution in [3.63, 3.8) is 0 Å². The van der Waals surface area contributed by atoms with Crippen molar-refractivity contribution in [2.75, 3.05) is 6.61 Å². The predicted molar refractivity (Wildman–Crippen MR) is 102 cm³/mol. The molecular formula is C19H16N4O5S. The van der Waals surface area contributed by atoms with Crippen molar-refractivity contribution < 1.29 is 24.3 Å². The molecule has 148 valence electrons. The van der Waals surface area contributed by atoms with E-state index in [9.17, 15) is 15.0 Å². The van der Waals surface area contributed by atoms with Gasteiger partial charge in [-0.2, -0.15) is 4.98 Å². The third kappa shape index (κ3) is 3.58. The number of nitrogens with two attached hydrogens (primary N) is 1. The van der Waals surface area contributed by atoms with Crippen LogP contribution >= 0.6 is 11.3 Å². The number of aliphatic hydroxyl groups excluding tert-OH is 1. The van der Waals surface area contributed by atoms with Gasteiger partial charge in [0, 0.05) is 18.1 Å². The van der Waals surface area contributed by atoms with Gasteiger partial charge in [-0.15, -0.1) is 11.3 Å². The number of rotatable bonds is 2. The first-order valence-electron chi connectivity index (χ1n) is 8.57. The van der Waals surface area contributed by atoms with Crippen molar-refractivity contribution in [3.8, 4) is 28.8 Å². The molecule has 0 aliphatic carbocycles. The van der Waals surface area contributed by atoms with Crippen LogP contribution in [-0.2, 0) is 5.60 Å². The molecule has 0 saturated heterocycles. The zero-order chi connectivity index (χ0) is 20.8. The summed E-state index contributed by atoms with van der Waals surface area (Å²) in [5.74, 6) is 5.82.